The largest absolute Gasteiger partial charge is 0.374 e. The van der Waals surface area contributed by atoms with E-state index in [0.717, 1.165) is 18.4 Å². The Kier molecular flexibility index (Phi) is 2.46. The second-order valence-corrected chi connectivity index (χ2v) is 3.12. The van der Waals surface area contributed by atoms with E-state index in [9.17, 15) is 0 Å². The van der Waals surface area contributed by atoms with E-state index < -0.39 is 0 Å². The van der Waals surface area contributed by atoms with Crippen LogP contribution in [0.5, 0.6) is 0 Å². The van der Waals surface area contributed by atoms with Crippen LogP contribution in [-0.4, -0.2) is 18.8 Å². The Labute approximate surface area is 62.1 Å². The molecular weight excluding hydrogens is 126 g/mol. The van der Waals surface area contributed by atoms with Gasteiger partial charge in [0, 0.05) is 6.04 Å². The molecule has 1 aliphatic rings. The summed E-state index contributed by atoms with van der Waals surface area (Å²) >= 11 is 0. The smallest absolute Gasteiger partial charge is 0.0675 e. The summed E-state index contributed by atoms with van der Waals surface area (Å²) in [7, 11) is 0. The zero-order valence-electron chi connectivity index (χ0n) is 6.47. The Bertz CT molecular complexity index is 127. The molecule has 2 nitrogen and oxygen atoms in total. The molecule has 0 aromatic heterocycles. The average molecular weight is 141 g/mol. The molecule has 1 aliphatic carbocycles. The van der Waals surface area contributed by atoms with E-state index in [4.69, 9.17) is 10.5 Å². The zero-order valence-corrected chi connectivity index (χ0v) is 6.47. The molecule has 1 saturated carbocycles. The lowest BCUT2D eigenvalue weighted by Gasteiger charge is -2.32. The fourth-order valence-electron chi connectivity index (χ4n) is 1.00. The highest BCUT2D eigenvalue weighted by Gasteiger charge is 2.26. The lowest BCUT2D eigenvalue weighted by Crippen LogP contribution is -2.41. The van der Waals surface area contributed by atoms with Gasteiger partial charge in [0.2, 0.25) is 0 Å². The third-order valence-electron chi connectivity index (χ3n) is 1.70. The Morgan fingerprint density at radius 3 is 2.70 bits per heavy atom. The van der Waals surface area contributed by atoms with Gasteiger partial charge in [-0.2, -0.15) is 0 Å². The van der Waals surface area contributed by atoms with Crippen LogP contribution in [0.25, 0.3) is 0 Å². The average Bonchev–Trinajstić information content (AvgIpc) is 1.77. The standard InChI is InChI=1S/C8H15NO/c1-6(2)5-10-8-3-7(9)4-8/h7-8H,1,3-5,9H2,2H3. The molecule has 0 unspecified atom stereocenters. The highest BCUT2D eigenvalue weighted by molar-refractivity contribution is 4.90. The summed E-state index contributed by atoms with van der Waals surface area (Å²) in [6.07, 6.45) is 2.45. The monoisotopic (exact) mass is 141 g/mol. The van der Waals surface area contributed by atoms with Gasteiger partial charge in [0.25, 0.3) is 0 Å². The van der Waals surface area contributed by atoms with E-state index in [1.54, 1.807) is 0 Å². The number of ether oxygens (including phenoxy) is 1. The van der Waals surface area contributed by atoms with Gasteiger partial charge in [-0.15, -0.1) is 0 Å². The number of rotatable bonds is 3. The van der Waals surface area contributed by atoms with Crippen LogP contribution in [0.2, 0.25) is 0 Å². The zero-order chi connectivity index (χ0) is 7.56. The van der Waals surface area contributed by atoms with Crippen molar-refractivity contribution in [1.82, 2.24) is 0 Å². The Morgan fingerprint density at radius 2 is 2.30 bits per heavy atom. The minimum Gasteiger partial charge on any atom is -0.374 e. The molecule has 10 heavy (non-hydrogen) atoms. The molecule has 58 valence electrons. The van der Waals surface area contributed by atoms with Crippen molar-refractivity contribution in [2.75, 3.05) is 6.61 Å². The Balaban J connectivity index is 2.00. The highest BCUT2D eigenvalue weighted by Crippen LogP contribution is 2.21. The first-order valence-corrected chi connectivity index (χ1v) is 3.70. The van der Waals surface area contributed by atoms with E-state index >= 15 is 0 Å². The van der Waals surface area contributed by atoms with E-state index in [1.165, 1.54) is 0 Å². The van der Waals surface area contributed by atoms with Crippen molar-refractivity contribution < 1.29 is 4.74 Å². The van der Waals surface area contributed by atoms with Crippen LogP contribution in [0.1, 0.15) is 19.8 Å². The van der Waals surface area contributed by atoms with Crippen LogP contribution in [-0.2, 0) is 4.74 Å². The highest BCUT2D eigenvalue weighted by atomic mass is 16.5. The van der Waals surface area contributed by atoms with Crippen molar-refractivity contribution in [2.24, 2.45) is 5.73 Å². The molecule has 1 rings (SSSR count). The molecule has 0 radical (unpaired) electrons. The molecule has 0 atom stereocenters. The first-order chi connectivity index (χ1) is 4.68. The van der Waals surface area contributed by atoms with Crippen molar-refractivity contribution in [3.8, 4) is 0 Å². The van der Waals surface area contributed by atoms with E-state index in [-0.39, 0.29) is 0 Å². The van der Waals surface area contributed by atoms with Gasteiger partial charge >= 0.3 is 0 Å². The van der Waals surface area contributed by atoms with Gasteiger partial charge in [-0.05, 0) is 19.8 Å². The second-order valence-electron chi connectivity index (χ2n) is 3.12. The lowest BCUT2D eigenvalue weighted by atomic mass is 9.90. The fraction of sp³-hybridized carbons (Fsp3) is 0.750. The van der Waals surface area contributed by atoms with E-state index in [1.807, 2.05) is 6.92 Å². The Morgan fingerprint density at radius 1 is 1.70 bits per heavy atom. The Hall–Kier alpha value is -0.340. The van der Waals surface area contributed by atoms with E-state index in [2.05, 4.69) is 6.58 Å². The minimum absolute atomic E-state index is 0.384. The number of hydrogen-bond donors (Lipinski definition) is 1. The normalized spacial score (nSPS) is 31.4. The predicted octanol–water partition coefficient (Wildman–Crippen LogP) is 1.07. The van der Waals surface area contributed by atoms with Crippen LogP contribution in [0.3, 0.4) is 0 Å². The second kappa shape index (κ2) is 3.17. The molecular formula is C8H15NO. The van der Waals surface area contributed by atoms with Crippen LogP contribution in [0.15, 0.2) is 12.2 Å². The van der Waals surface area contributed by atoms with Gasteiger partial charge in [-0.25, -0.2) is 0 Å². The molecule has 0 aromatic carbocycles. The molecule has 2 heteroatoms. The summed E-state index contributed by atoms with van der Waals surface area (Å²) in [4.78, 5) is 0. The third kappa shape index (κ3) is 2.12. The first-order valence-electron chi connectivity index (χ1n) is 3.70. The predicted molar refractivity (Wildman–Crippen MR) is 41.8 cm³/mol. The van der Waals surface area contributed by atoms with Crippen molar-refractivity contribution in [3.63, 3.8) is 0 Å². The summed E-state index contributed by atoms with van der Waals surface area (Å²) in [5.41, 5.74) is 6.66. The maximum absolute atomic E-state index is 5.57. The van der Waals surface area contributed by atoms with Gasteiger partial charge in [-0.1, -0.05) is 12.2 Å². The van der Waals surface area contributed by atoms with Crippen LogP contribution in [0, 0.1) is 0 Å². The maximum Gasteiger partial charge on any atom is 0.0675 e. The van der Waals surface area contributed by atoms with Crippen molar-refractivity contribution in [1.29, 1.82) is 0 Å². The summed E-state index contributed by atoms with van der Waals surface area (Å²) in [6, 6.07) is 0.384. The third-order valence-corrected chi connectivity index (χ3v) is 1.70. The first kappa shape index (κ1) is 7.76. The molecule has 0 amide bonds. The van der Waals surface area contributed by atoms with Crippen molar-refractivity contribution in [3.05, 3.63) is 12.2 Å². The number of nitrogens with two attached hydrogens (primary N) is 1. The van der Waals surface area contributed by atoms with Gasteiger partial charge in [0.1, 0.15) is 0 Å². The minimum atomic E-state index is 0.384. The summed E-state index contributed by atoms with van der Waals surface area (Å²) < 4.78 is 5.43. The molecule has 1 fully saturated rings. The molecule has 0 saturated heterocycles. The van der Waals surface area contributed by atoms with Crippen molar-refractivity contribution >= 4 is 0 Å². The number of hydrogen-bond acceptors (Lipinski definition) is 2. The van der Waals surface area contributed by atoms with Crippen LogP contribution in [0.4, 0.5) is 0 Å². The SMILES string of the molecule is C=C(C)COC1CC(N)C1. The van der Waals surface area contributed by atoms with Gasteiger partial charge in [-0.3, -0.25) is 0 Å². The maximum atomic E-state index is 5.57. The van der Waals surface area contributed by atoms with Crippen LogP contribution >= 0.6 is 0 Å². The van der Waals surface area contributed by atoms with Gasteiger partial charge in [0.15, 0.2) is 0 Å². The fourth-order valence-corrected chi connectivity index (χ4v) is 1.00. The lowest BCUT2D eigenvalue weighted by molar-refractivity contribution is 0.00392. The molecule has 2 N–H and O–H groups in total. The topological polar surface area (TPSA) is 35.2 Å². The molecule has 0 heterocycles. The van der Waals surface area contributed by atoms with E-state index in [0.29, 0.717) is 18.8 Å². The van der Waals surface area contributed by atoms with Crippen LogP contribution < -0.4 is 5.73 Å². The summed E-state index contributed by atoms with van der Waals surface area (Å²) in [6.45, 7) is 6.41. The molecule has 0 aromatic rings. The van der Waals surface area contributed by atoms with Gasteiger partial charge < -0.3 is 10.5 Å². The molecule has 0 bridgehead atoms. The van der Waals surface area contributed by atoms with Gasteiger partial charge in [0.05, 0.1) is 12.7 Å². The quantitative estimate of drug-likeness (QED) is 0.597. The summed E-state index contributed by atoms with van der Waals surface area (Å²) in [5.74, 6) is 0. The molecule has 0 aliphatic heterocycles. The van der Waals surface area contributed by atoms with Crippen molar-refractivity contribution in [2.45, 2.75) is 31.9 Å². The summed E-state index contributed by atoms with van der Waals surface area (Å²) in [5, 5.41) is 0. The molecule has 0 spiro atoms.